The quantitative estimate of drug-likeness (QED) is 0.564. The third-order valence-electron chi connectivity index (χ3n) is 5.80. The molecule has 1 fully saturated rings. The molecule has 1 amide bonds. The second-order valence-electron chi connectivity index (χ2n) is 7.74. The Bertz CT molecular complexity index is 1050. The van der Waals surface area contributed by atoms with Crippen molar-refractivity contribution in [2.45, 2.75) is 26.2 Å². The molecule has 0 radical (unpaired) electrons. The molecular formula is C23H28ClN5O. The van der Waals surface area contributed by atoms with Gasteiger partial charge in [-0.3, -0.25) is 9.69 Å². The molecule has 7 heteroatoms. The number of carbonyl (C=O) groups is 1. The summed E-state index contributed by atoms with van der Waals surface area (Å²) in [6, 6.07) is 8.02. The summed E-state index contributed by atoms with van der Waals surface area (Å²) in [5, 5.41) is 1.68. The Hall–Kier alpha value is -2.41. The SMILES string of the molecule is CCc1c[nH]c2ncc(-c3cccc(N4CCN(CCCCN)CC4=O)c3)c(Cl)c12. The predicted molar refractivity (Wildman–Crippen MR) is 123 cm³/mol. The van der Waals surface area contributed by atoms with Crippen LogP contribution in [0.1, 0.15) is 25.3 Å². The van der Waals surface area contributed by atoms with E-state index in [0.29, 0.717) is 24.7 Å². The maximum atomic E-state index is 12.8. The van der Waals surface area contributed by atoms with Crippen LogP contribution in [0.3, 0.4) is 0 Å². The molecule has 1 saturated heterocycles. The topological polar surface area (TPSA) is 78.2 Å². The van der Waals surface area contributed by atoms with E-state index in [1.165, 1.54) is 0 Å². The van der Waals surface area contributed by atoms with Gasteiger partial charge in [0.25, 0.3) is 0 Å². The van der Waals surface area contributed by atoms with E-state index in [2.05, 4.69) is 21.8 Å². The van der Waals surface area contributed by atoms with Crippen molar-refractivity contribution in [1.82, 2.24) is 14.9 Å². The molecule has 158 valence electrons. The zero-order valence-corrected chi connectivity index (χ0v) is 18.1. The average Bonchev–Trinajstić information content (AvgIpc) is 3.18. The summed E-state index contributed by atoms with van der Waals surface area (Å²) in [6.45, 7) is 5.74. The van der Waals surface area contributed by atoms with E-state index in [4.69, 9.17) is 17.3 Å². The van der Waals surface area contributed by atoms with Gasteiger partial charge in [-0.05, 0) is 55.6 Å². The Morgan fingerprint density at radius 1 is 1.27 bits per heavy atom. The van der Waals surface area contributed by atoms with Crippen LogP contribution in [-0.2, 0) is 11.2 Å². The lowest BCUT2D eigenvalue weighted by Crippen LogP contribution is -2.50. The van der Waals surface area contributed by atoms with Crippen LogP contribution in [0.15, 0.2) is 36.7 Å². The molecule has 6 nitrogen and oxygen atoms in total. The second kappa shape index (κ2) is 9.16. The van der Waals surface area contributed by atoms with E-state index in [9.17, 15) is 4.79 Å². The van der Waals surface area contributed by atoms with E-state index >= 15 is 0 Å². The average molecular weight is 426 g/mol. The van der Waals surface area contributed by atoms with Crippen molar-refractivity contribution in [2.75, 3.05) is 37.6 Å². The third kappa shape index (κ3) is 4.08. The number of aromatic nitrogens is 2. The number of H-pyrrole nitrogens is 1. The minimum absolute atomic E-state index is 0.129. The van der Waals surface area contributed by atoms with E-state index < -0.39 is 0 Å². The first-order valence-corrected chi connectivity index (χ1v) is 11.0. The lowest BCUT2D eigenvalue weighted by Gasteiger charge is -2.34. The van der Waals surface area contributed by atoms with Crippen LogP contribution < -0.4 is 10.6 Å². The highest BCUT2D eigenvalue weighted by Gasteiger charge is 2.25. The Balaban J connectivity index is 1.57. The van der Waals surface area contributed by atoms with Crippen molar-refractivity contribution < 1.29 is 4.79 Å². The summed E-state index contributed by atoms with van der Waals surface area (Å²) in [7, 11) is 0. The smallest absolute Gasteiger partial charge is 0.241 e. The summed E-state index contributed by atoms with van der Waals surface area (Å²) < 4.78 is 0. The van der Waals surface area contributed by atoms with Crippen molar-refractivity contribution in [3.05, 3.63) is 47.2 Å². The molecule has 0 spiro atoms. The summed E-state index contributed by atoms with van der Waals surface area (Å²) in [4.78, 5) is 24.6. The lowest BCUT2D eigenvalue weighted by molar-refractivity contribution is -0.121. The number of nitrogens with zero attached hydrogens (tertiary/aromatic N) is 3. The van der Waals surface area contributed by atoms with Crippen LogP contribution >= 0.6 is 11.6 Å². The summed E-state index contributed by atoms with van der Waals surface area (Å²) in [5.41, 5.74) is 10.3. The van der Waals surface area contributed by atoms with Crippen molar-refractivity contribution in [3.8, 4) is 11.1 Å². The second-order valence-corrected chi connectivity index (χ2v) is 8.12. The van der Waals surface area contributed by atoms with Gasteiger partial charge >= 0.3 is 0 Å². The maximum absolute atomic E-state index is 12.8. The number of piperazine rings is 1. The van der Waals surface area contributed by atoms with Gasteiger partial charge in [-0.25, -0.2) is 4.98 Å². The lowest BCUT2D eigenvalue weighted by atomic mass is 10.0. The largest absolute Gasteiger partial charge is 0.346 e. The number of unbranched alkanes of at least 4 members (excludes halogenated alkanes) is 1. The van der Waals surface area contributed by atoms with Gasteiger partial charge in [-0.15, -0.1) is 0 Å². The molecule has 3 heterocycles. The number of aromatic amines is 1. The molecule has 4 rings (SSSR count). The molecular weight excluding hydrogens is 398 g/mol. The number of halogens is 1. The molecule has 0 unspecified atom stereocenters. The fourth-order valence-electron chi connectivity index (χ4n) is 4.11. The summed E-state index contributed by atoms with van der Waals surface area (Å²) in [6.07, 6.45) is 6.68. The molecule has 3 aromatic rings. The number of aryl methyl sites for hydroxylation is 1. The molecule has 2 aromatic heterocycles. The van der Waals surface area contributed by atoms with E-state index in [0.717, 1.165) is 65.8 Å². The first-order valence-electron chi connectivity index (χ1n) is 10.6. The number of nitrogens with one attached hydrogen (secondary N) is 1. The van der Waals surface area contributed by atoms with Crippen molar-refractivity contribution in [3.63, 3.8) is 0 Å². The number of anilines is 1. The first-order chi connectivity index (χ1) is 14.6. The zero-order valence-electron chi connectivity index (χ0n) is 17.3. The van der Waals surface area contributed by atoms with E-state index in [-0.39, 0.29) is 5.91 Å². The van der Waals surface area contributed by atoms with Crippen LogP contribution in [0.2, 0.25) is 5.02 Å². The van der Waals surface area contributed by atoms with E-state index in [1.54, 1.807) is 6.20 Å². The highest BCUT2D eigenvalue weighted by atomic mass is 35.5. The molecule has 1 aliphatic heterocycles. The Morgan fingerprint density at radius 3 is 2.90 bits per heavy atom. The maximum Gasteiger partial charge on any atom is 0.241 e. The zero-order chi connectivity index (χ0) is 21.1. The van der Waals surface area contributed by atoms with Crippen LogP contribution in [0, 0.1) is 0 Å². The van der Waals surface area contributed by atoms with Crippen molar-refractivity contribution in [2.24, 2.45) is 5.73 Å². The summed E-state index contributed by atoms with van der Waals surface area (Å²) in [5.74, 6) is 0.129. The number of benzene rings is 1. The Labute approximate surface area is 182 Å². The van der Waals surface area contributed by atoms with Gasteiger partial charge in [0.05, 0.1) is 11.6 Å². The Kier molecular flexibility index (Phi) is 6.37. The number of pyridine rings is 1. The van der Waals surface area contributed by atoms with E-state index in [1.807, 2.05) is 35.4 Å². The van der Waals surface area contributed by atoms with Crippen molar-refractivity contribution in [1.29, 1.82) is 0 Å². The van der Waals surface area contributed by atoms with Crippen molar-refractivity contribution >= 4 is 34.2 Å². The van der Waals surface area contributed by atoms with Gasteiger partial charge < -0.3 is 15.6 Å². The van der Waals surface area contributed by atoms with Gasteiger partial charge in [-0.1, -0.05) is 30.7 Å². The first kappa shape index (κ1) is 20.8. The molecule has 1 aromatic carbocycles. The predicted octanol–water partition coefficient (Wildman–Crippen LogP) is 3.83. The van der Waals surface area contributed by atoms with Gasteiger partial charge in [-0.2, -0.15) is 0 Å². The molecule has 0 aliphatic carbocycles. The van der Waals surface area contributed by atoms with Crippen LogP contribution in [-0.4, -0.2) is 53.5 Å². The number of rotatable bonds is 7. The normalized spacial score (nSPS) is 15.3. The van der Waals surface area contributed by atoms with Crippen LogP contribution in [0.5, 0.6) is 0 Å². The molecule has 1 aliphatic rings. The monoisotopic (exact) mass is 425 g/mol. The highest BCUT2D eigenvalue weighted by molar-refractivity contribution is 6.38. The molecule has 0 bridgehead atoms. The summed E-state index contributed by atoms with van der Waals surface area (Å²) >= 11 is 6.79. The van der Waals surface area contributed by atoms with Gasteiger partial charge in [0, 0.05) is 42.1 Å². The van der Waals surface area contributed by atoms with Crippen LogP contribution in [0.4, 0.5) is 5.69 Å². The van der Waals surface area contributed by atoms with Crippen LogP contribution in [0.25, 0.3) is 22.2 Å². The minimum atomic E-state index is 0.129. The number of hydrogen-bond acceptors (Lipinski definition) is 4. The van der Waals surface area contributed by atoms with Gasteiger partial charge in [0.15, 0.2) is 0 Å². The number of fused-ring (bicyclic) bond motifs is 1. The number of carbonyl (C=O) groups excluding carboxylic acids is 1. The fraction of sp³-hybridized carbons (Fsp3) is 0.391. The number of hydrogen-bond donors (Lipinski definition) is 2. The van der Waals surface area contributed by atoms with Gasteiger partial charge in [0.2, 0.25) is 5.91 Å². The minimum Gasteiger partial charge on any atom is -0.346 e. The number of nitrogens with two attached hydrogens (primary N) is 1. The Morgan fingerprint density at radius 2 is 2.13 bits per heavy atom. The third-order valence-corrected chi connectivity index (χ3v) is 6.19. The highest BCUT2D eigenvalue weighted by Crippen LogP contribution is 2.36. The van der Waals surface area contributed by atoms with Gasteiger partial charge in [0.1, 0.15) is 5.65 Å². The standard InChI is InChI=1S/C23H28ClN5O/c1-2-16-13-26-23-21(16)22(24)19(14-27-23)17-6-5-7-18(12-17)29-11-10-28(15-20(29)30)9-4-3-8-25/h5-7,12-14H,2-4,8-11,15,25H2,1H3,(H,26,27). The fourth-order valence-corrected chi connectivity index (χ4v) is 4.47. The molecule has 30 heavy (non-hydrogen) atoms. The molecule has 0 saturated carbocycles. The molecule has 0 atom stereocenters. The number of amides is 1. The molecule has 3 N–H and O–H groups in total.